The van der Waals surface area contributed by atoms with E-state index >= 15 is 0 Å². The van der Waals surface area contributed by atoms with Gasteiger partial charge in [0.1, 0.15) is 0 Å². The number of halogens is 1. The van der Waals surface area contributed by atoms with Crippen molar-refractivity contribution in [1.29, 1.82) is 0 Å². The molecule has 2 atom stereocenters. The van der Waals surface area contributed by atoms with Crippen molar-refractivity contribution in [2.24, 2.45) is 0 Å². The first kappa shape index (κ1) is 18.3. The molecule has 2 aromatic rings. The summed E-state index contributed by atoms with van der Waals surface area (Å²) in [4.78, 5) is 16.7. The van der Waals surface area contributed by atoms with Crippen LogP contribution in [0.1, 0.15) is 16.7 Å². The van der Waals surface area contributed by atoms with E-state index in [9.17, 15) is 13.2 Å². The Morgan fingerprint density at radius 1 is 1.07 bits per heavy atom. The van der Waals surface area contributed by atoms with Crippen LogP contribution >= 0.6 is 11.6 Å². The van der Waals surface area contributed by atoms with Crippen molar-refractivity contribution in [2.45, 2.75) is 32.5 Å². The molecule has 0 saturated carbocycles. The molecular weight excluding hydrogens is 384 g/mol. The molecule has 4 rings (SSSR count). The topological polar surface area (TPSA) is 57.7 Å². The Balaban J connectivity index is 1.75. The van der Waals surface area contributed by atoms with Crippen molar-refractivity contribution in [3.63, 3.8) is 0 Å². The average Bonchev–Trinajstić information content (AvgIpc) is 3.01. The van der Waals surface area contributed by atoms with E-state index in [0.717, 1.165) is 22.4 Å². The minimum absolute atomic E-state index is 0.00281. The molecule has 0 aromatic heterocycles. The number of rotatable bonds is 3. The number of urea groups is 1. The van der Waals surface area contributed by atoms with Gasteiger partial charge in [0.05, 0.1) is 23.6 Å². The molecule has 2 fully saturated rings. The van der Waals surface area contributed by atoms with Gasteiger partial charge in [0.15, 0.2) is 9.84 Å². The standard InChI is InChI=1S/C20H21ClN2O3S/c1-13-6-7-14(2)17(8-13)23-19-12-27(25,26)11-18(19)22(20(23)24)10-15-4-3-5-16(21)9-15/h3-9,18-19H,10-12H2,1-2H3/t18-,19+/m1/s1. The molecule has 0 unspecified atom stereocenters. The second kappa shape index (κ2) is 6.53. The van der Waals surface area contributed by atoms with Crippen LogP contribution in [0, 0.1) is 13.8 Å². The first-order chi connectivity index (χ1) is 12.7. The SMILES string of the molecule is Cc1ccc(C)c(N2C(=O)N(Cc3cccc(Cl)c3)[C@@H]3CS(=O)(=O)C[C@@H]32)c1. The van der Waals surface area contributed by atoms with E-state index in [1.165, 1.54) is 0 Å². The van der Waals surface area contributed by atoms with E-state index in [-0.39, 0.29) is 29.6 Å². The van der Waals surface area contributed by atoms with Gasteiger partial charge in [-0.3, -0.25) is 4.90 Å². The fraction of sp³-hybridized carbons (Fsp3) is 0.350. The smallest absolute Gasteiger partial charge is 0.314 e. The largest absolute Gasteiger partial charge is 0.325 e. The van der Waals surface area contributed by atoms with Crippen molar-refractivity contribution in [2.75, 3.05) is 16.4 Å². The Morgan fingerprint density at radius 2 is 1.81 bits per heavy atom. The number of sulfone groups is 1. The van der Waals surface area contributed by atoms with Gasteiger partial charge in [-0.25, -0.2) is 13.2 Å². The number of hydrogen-bond acceptors (Lipinski definition) is 3. The number of aryl methyl sites for hydroxylation is 2. The molecule has 142 valence electrons. The summed E-state index contributed by atoms with van der Waals surface area (Å²) in [5.74, 6) is 0.00811. The number of carbonyl (C=O) groups is 1. The second-order valence-electron chi connectivity index (χ2n) is 7.41. The van der Waals surface area contributed by atoms with Gasteiger partial charge in [-0.05, 0) is 48.7 Å². The van der Waals surface area contributed by atoms with Crippen molar-refractivity contribution in [3.05, 3.63) is 64.2 Å². The first-order valence-electron chi connectivity index (χ1n) is 8.87. The third-order valence-corrected chi connectivity index (χ3v) is 7.28. The Hall–Kier alpha value is -2.05. The Kier molecular flexibility index (Phi) is 4.43. The van der Waals surface area contributed by atoms with Crippen LogP contribution in [0.3, 0.4) is 0 Å². The van der Waals surface area contributed by atoms with E-state index in [0.29, 0.717) is 11.6 Å². The number of hydrogen-bond donors (Lipinski definition) is 0. The summed E-state index contributed by atoms with van der Waals surface area (Å²) in [5.41, 5.74) is 3.68. The van der Waals surface area contributed by atoms with E-state index in [1.54, 1.807) is 15.9 Å². The molecule has 2 amide bonds. The third-order valence-electron chi connectivity index (χ3n) is 5.34. The minimum Gasteiger partial charge on any atom is -0.314 e. The molecular formula is C20H21ClN2O3S. The van der Waals surface area contributed by atoms with Crippen molar-refractivity contribution < 1.29 is 13.2 Å². The number of amides is 2. The fourth-order valence-corrected chi connectivity index (χ4v) is 6.22. The number of anilines is 1. The summed E-state index contributed by atoms with van der Waals surface area (Å²) in [6.07, 6.45) is 0. The summed E-state index contributed by atoms with van der Waals surface area (Å²) in [6.45, 7) is 4.26. The molecule has 0 spiro atoms. The number of fused-ring (bicyclic) bond motifs is 1. The van der Waals surface area contributed by atoms with Crippen LogP contribution in [-0.4, -0.2) is 42.9 Å². The summed E-state index contributed by atoms with van der Waals surface area (Å²) in [6, 6.07) is 12.4. The van der Waals surface area contributed by atoms with Crippen molar-refractivity contribution >= 4 is 33.2 Å². The molecule has 5 nitrogen and oxygen atoms in total. The molecule has 0 N–H and O–H groups in total. The quantitative estimate of drug-likeness (QED) is 0.735. The number of carbonyl (C=O) groups excluding carboxylic acids is 1. The Labute approximate surface area is 164 Å². The summed E-state index contributed by atoms with van der Waals surface area (Å²) >= 11 is 6.08. The van der Waals surface area contributed by atoms with Gasteiger partial charge in [-0.2, -0.15) is 0 Å². The predicted molar refractivity (Wildman–Crippen MR) is 107 cm³/mol. The van der Waals surface area contributed by atoms with Gasteiger partial charge >= 0.3 is 6.03 Å². The third kappa shape index (κ3) is 3.32. The zero-order valence-electron chi connectivity index (χ0n) is 15.2. The minimum atomic E-state index is -3.19. The summed E-state index contributed by atoms with van der Waals surface area (Å²) in [5, 5.41) is 0.598. The molecule has 2 aliphatic heterocycles. The lowest BCUT2D eigenvalue weighted by Gasteiger charge is -2.24. The van der Waals surface area contributed by atoms with Crippen LogP contribution < -0.4 is 4.90 Å². The lowest BCUT2D eigenvalue weighted by Crippen LogP contribution is -2.38. The van der Waals surface area contributed by atoms with E-state index in [2.05, 4.69) is 0 Å². The molecule has 7 heteroatoms. The maximum atomic E-state index is 13.3. The van der Waals surface area contributed by atoms with Gasteiger partial charge < -0.3 is 4.90 Å². The van der Waals surface area contributed by atoms with Gasteiger partial charge in [0.25, 0.3) is 0 Å². The van der Waals surface area contributed by atoms with Gasteiger partial charge in [0, 0.05) is 17.3 Å². The lowest BCUT2D eigenvalue weighted by molar-refractivity contribution is 0.206. The molecule has 0 bridgehead atoms. The Morgan fingerprint density at radius 3 is 2.56 bits per heavy atom. The number of nitrogens with zero attached hydrogens (tertiary/aromatic N) is 2. The van der Waals surface area contributed by atoms with Crippen molar-refractivity contribution in [3.8, 4) is 0 Å². The van der Waals surface area contributed by atoms with E-state index < -0.39 is 9.84 Å². The summed E-state index contributed by atoms with van der Waals surface area (Å²) in [7, 11) is -3.19. The highest BCUT2D eigenvalue weighted by Gasteiger charge is 2.54. The molecule has 2 heterocycles. The first-order valence-corrected chi connectivity index (χ1v) is 11.1. The molecule has 0 radical (unpaired) electrons. The van der Waals surface area contributed by atoms with Crippen LogP contribution in [0.15, 0.2) is 42.5 Å². The van der Waals surface area contributed by atoms with E-state index in [4.69, 9.17) is 11.6 Å². The molecule has 27 heavy (non-hydrogen) atoms. The molecule has 2 saturated heterocycles. The Bertz CT molecular complexity index is 1020. The van der Waals surface area contributed by atoms with Crippen LogP contribution in [0.2, 0.25) is 5.02 Å². The van der Waals surface area contributed by atoms with Crippen molar-refractivity contribution in [1.82, 2.24) is 4.90 Å². The maximum absolute atomic E-state index is 13.3. The van der Waals surface area contributed by atoms with Gasteiger partial charge in [-0.15, -0.1) is 0 Å². The van der Waals surface area contributed by atoms with Gasteiger partial charge in [0.2, 0.25) is 0 Å². The lowest BCUT2D eigenvalue weighted by atomic mass is 10.1. The molecule has 2 aliphatic rings. The molecule has 0 aliphatic carbocycles. The van der Waals surface area contributed by atoms with Crippen LogP contribution in [0.25, 0.3) is 0 Å². The van der Waals surface area contributed by atoms with E-state index in [1.807, 2.05) is 50.2 Å². The highest BCUT2D eigenvalue weighted by Crippen LogP contribution is 2.37. The average molecular weight is 405 g/mol. The van der Waals surface area contributed by atoms with Crippen LogP contribution in [0.4, 0.5) is 10.5 Å². The highest BCUT2D eigenvalue weighted by molar-refractivity contribution is 7.91. The predicted octanol–water partition coefficient (Wildman–Crippen LogP) is 3.56. The summed E-state index contributed by atoms with van der Waals surface area (Å²) < 4.78 is 24.7. The second-order valence-corrected chi connectivity index (χ2v) is 10.0. The number of benzene rings is 2. The zero-order chi connectivity index (χ0) is 19.3. The molecule has 2 aromatic carbocycles. The monoisotopic (exact) mass is 404 g/mol. The highest BCUT2D eigenvalue weighted by atomic mass is 35.5. The normalized spacial score (nSPS) is 23.7. The maximum Gasteiger partial charge on any atom is 0.325 e. The zero-order valence-corrected chi connectivity index (χ0v) is 16.8. The van der Waals surface area contributed by atoms with Gasteiger partial charge in [-0.1, -0.05) is 35.9 Å². The van der Waals surface area contributed by atoms with Crippen LogP contribution in [0.5, 0.6) is 0 Å². The van der Waals surface area contributed by atoms with Crippen LogP contribution in [-0.2, 0) is 16.4 Å². The fourth-order valence-electron chi connectivity index (χ4n) is 4.05.